The molecule has 1 aromatic heterocycles. The van der Waals surface area contributed by atoms with Gasteiger partial charge in [-0.15, -0.1) is 0 Å². The molecule has 0 spiro atoms. The summed E-state index contributed by atoms with van der Waals surface area (Å²) in [4.78, 5) is 17.9. The fraction of sp³-hybridized carbons (Fsp3) is 0.500. The van der Waals surface area contributed by atoms with Crippen LogP contribution < -0.4 is 0 Å². The van der Waals surface area contributed by atoms with Crippen molar-refractivity contribution in [1.82, 2.24) is 14.5 Å². The van der Waals surface area contributed by atoms with Gasteiger partial charge in [0.15, 0.2) is 0 Å². The van der Waals surface area contributed by atoms with E-state index in [0.29, 0.717) is 0 Å². The highest BCUT2D eigenvalue weighted by Crippen LogP contribution is 2.23. The SMILES string of the molecule is CCc1nc2cc(C(=O)O)ccc2n1CC(C)(C)N(C)C. The van der Waals surface area contributed by atoms with Crippen molar-refractivity contribution in [3.05, 3.63) is 29.6 Å². The van der Waals surface area contributed by atoms with E-state index in [0.717, 1.165) is 29.8 Å². The number of carbonyl (C=O) groups is 1. The lowest BCUT2D eigenvalue weighted by Gasteiger charge is -2.33. The number of likely N-dealkylation sites (N-methyl/N-ethyl adjacent to an activating group) is 1. The molecule has 2 aromatic rings. The van der Waals surface area contributed by atoms with Gasteiger partial charge in [-0.1, -0.05) is 6.92 Å². The maximum Gasteiger partial charge on any atom is 0.335 e. The lowest BCUT2D eigenvalue weighted by Crippen LogP contribution is -2.42. The predicted molar refractivity (Wildman–Crippen MR) is 83.8 cm³/mol. The van der Waals surface area contributed by atoms with Crippen molar-refractivity contribution >= 4 is 17.0 Å². The van der Waals surface area contributed by atoms with E-state index in [2.05, 4.69) is 49.3 Å². The number of rotatable bonds is 5. The number of hydrogen-bond donors (Lipinski definition) is 1. The van der Waals surface area contributed by atoms with Crippen LogP contribution in [0.1, 0.15) is 37.0 Å². The Labute approximate surface area is 125 Å². The molecule has 114 valence electrons. The molecule has 0 amide bonds. The van der Waals surface area contributed by atoms with Crippen molar-refractivity contribution in [2.24, 2.45) is 0 Å². The van der Waals surface area contributed by atoms with E-state index in [1.807, 2.05) is 6.07 Å². The van der Waals surface area contributed by atoms with Crippen LogP contribution in [0.15, 0.2) is 18.2 Å². The number of benzene rings is 1. The van der Waals surface area contributed by atoms with Gasteiger partial charge in [0, 0.05) is 18.5 Å². The van der Waals surface area contributed by atoms with E-state index in [-0.39, 0.29) is 11.1 Å². The molecule has 0 atom stereocenters. The Bertz CT molecular complexity index is 671. The molecule has 1 aromatic carbocycles. The molecule has 0 saturated heterocycles. The van der Waals surface area contributed by atoms with E-state index in [4.69, 9.17) is 5.11 Å². The molecule has 0 fully saturated rings. The molecule has 0 aliphatic rings. The molecule has 1 heterocycles. The summed E-state index contributed by atoms with van der Waals surface area (Å²) < 4.78 is 2.20. The number of aromatic carboxylic acids is 1. The van der Waals surface area contributed by atoms with Crippen molar-refractivity contribution in [3.63, 3.8) is 0 Å². The van der Waals surface area contributed by atoms with E-state index >= 15 is 0 Å². The Hall–Kier alpha value is -1.88. The van der Waals surface area contributed by atoms with E-state index < -0.39 is 5.97 Å². The third kappa shape index (κ3) is 2.93. The third-order valence-corrected chi connectivity index (χ3v) is 4.15. The highest BCUT2D eigenvalue weighted by atomic mass is 16.4. The van der Waals surface area contributed by atoms with Gasteiger partial charge < -0.3 is 14.6 Å². The molecule has 0 aliphatic heterocycles. The van der Waals surface area contributed by atoms with Gasteiger partial charge in [0.1, 0.15) is 5.82 Å². The lowest BCUT2D eigenvalue weighted by atomic mass is 10.0. The van der Waals surface area contributed by atoms with Gasteiger partial charge in [-0.2, -0.15) is 0 Å². The Kier molecular flexibility index (Phi) is 4.05. The monoisotopic (exact) mass is 289 g/mol. The minimum Gasteiger partial charge on any atom is -0.478 e. The number of carboxylic acids is 1. The predicted octanol–water partition coefficient (Wildman–Crippen LogP) is 2.64. The molecule has 2 rings (SSSR count). The van der Waals surface area contributed by atoms with Gasteiger partial charge in [0.05, 0.1) is 16.6 Å². The summed E-state index contributed by atoms with van der Waals surface area (Å²) in [6, 6.07) is 5.15. The smallest absolute Gasteiger partial charge is 0.335 e. The molecular formula is C16H23N3O2. The number of aryl methyl sites for hydroxylation is 1. The molecule has 0 bridgehead atoms. The second-order valence-corrected chi connectivity index (χ2v) is 6.18. The second kappa shape index (κ2) is 5.48. The van der Waals surface area contributed by atoms with Crippen LogP contribution in [0.25, 0.3) is 11.0 Å². The largest absolute Gasteiger partial charge is 0.478 e. The van der Waals surface area contributed by atoms with Gasteiger partial charge in [0.25, 0.3) is 0 Å². The van der Waals surface area contributed by atoms with E-state index in [9.17, 15) is 4.79 Å². The summed E-state index contributed by atoms with van der Waals surface area (Å²) in [6.07, 6.45) is 0.820. The number of imidazole rings is 1. The van der Waals surface area contributed by atoms with Crippen LogP contribution in [0.4, 0.5) is 0 Å². The van der Waals surface area contributed by atoms with Crippen LogP contribution in [0.5, 0.6) is 0 Å². The molecular weight excluding hydrogens is 266 g/mol. The highest BCUT2D eigenvalue weighted by molar-refractivity contribution is 5.92. The van der Waals surface area contributed by atoms with Gasteiger partial charge in [-0.25, -0.2) is 9.78 Å². The molecule has 21 heavy (non-hydrogen) atoms. The first-order valence-corrected chi connectivity index (χ1v) is 7.16. The molecule has 0 saturated carbocycles. The standard InChI is InChI=1S/C16H23N3O2/c1-6-14-17-12-9-11(15(20)21)7-8-13(12)19(14)10-16(2,3)18(4)5/h7-9H,6,10H2,1-5H3,(H,20,21). The topological polar surface area (TPSA) is 58.4 Å². The zero-order valence-corrected chi connectivity index (χ0v) is 13.3. The number of fused-ring (bicyclic) bond motifs is 1. The first-order chi connectivity index (χ1) is 9.76. The summed E-state index contributed by atoms with van der Waals surface area (Å²) in [5.41, 5.74) is 2.01. The first-order valence-electron chi connectivity index (χ1n) is 7.16. The van der Waals surface area contributed by atoms with Crippen molar-refractivity contribution in [1.29, 1.82) is 0 Å². The third-order valence-electron chi connectivity index (χ3n) is 4.15. The van der Waals surface area contributed by atoms with Crippen LogP contribution in [-0.4, -0.2) is 45.2 Å². The number of carboxylic acid groups (broad SMARTS) is 1. The van der Waals surface area contributed by atoms with Crippen molar-refractivity contribution < 1.29 is 9.90 Å². The number of hydrogen-bond acceptors (Lipinski definition) is 3. The van der Waals surface area contributed by atoms with E-state index in [1.54, 1.807) is 12.1 Å². The summed E-state index contributed by atoms with van der Waals surface area (Å²) in [6.45, 7) is 7.25. The van der Waals surface area contributed by atoms with Gasteiger partial charge >= 0.3 is 5.97 Å². The Morgan fingerprint density at radius 2 is 2.05 bits per heavy atom. The Balaban J connectivity index is 2.54. The minimum atomic E-state index is -0.918. The van der Waals surface area contributed by atoms with Gasteiger partial charge in [0.2, 0.25) is 0 Å². The number of aromatic nitrogens is 2. The van der Waals surface area contributed by atoms with Gasteiger partial charge in [-0.3, -0.25) is 0 Å². The quantitative estimate of drug-likeness (QED) is 0.919. The van der Waals surface area contributed by atoms with Crippen LogP contribution in [0.2, 0.25) is 0 Å². The van der Waals surface area contributed by atoms with Crippen LogP contribution in [0, 0.1) is 0 Å². The molecule has 5 nitrogen and oxygen atoms in total. The fourth-order valence-corrected chi connectivity index (χ4v) is 2.29. The van der Waals surface area contributed by atoms with E-state index in [1.165, 1.54) is 0 Å². The highest BCUT2D eigenvalue weighted by Gasteiger charge is 2.24. The number of nitrogens with zero attached hydrogens (tertiary/aromatic N) is 3. The second-order valence-electron chi connectivity index (χ2n) is 6.18. The summed E-state index contributed by atoms with van der Waals surface area (Å²) in [5, 5.41) is 9.10. The fourth-order valence-electron chi connectivity index (χ4n) is 2.29. The maximum atomic E-state index is 11.1. The summed E-state index contributed by atoms with van der Waals surface area (Å²) >= 11 is 0. The van der Waals surface area contributed by atoms with Crippen LogP contribution in [0.3, 0.4) is 0 Å². The lowest BCUT2D eigenvalue weighted by molar-refractivity contribution is 0.0697. The molecule has 0 radical (unpaired) electrons. The first kappa shape index (κ1) is 15.5. The van der Waals surface area contributed by atoms with Crippen LogP contribution in [-0.2, 0) is 13.0 Å². The zero-order chi connectivity index (χ0) is 15.8. The van der Waals surface area contributed by atoms with Crippen LogP contribution >= 0.6 is 0 Å². The van der Waals surface area contributed by atoms with Crippen molar-refractivity contribution in [2.45, 2.75) is 39.3 Å². The average molecular weight is 289 g/mol. The molecule has 5 heteroatoms. The normalized spacial score (nSPS) is 12.3. The Morgan fingerprint density at radius 3 is 2.57 bits per heavy atom. The Morgan fingerprint density at radius 1 is 1.38 bits per heavy atom. The minimum absolute atomic E-state index is 0.0109. The molecule has 0 aliphatic carbocycles. The zero-order valence-electron chi connectivity index (χ0n) is 13.3. The summed E-state index contributed by atoms with van der Waals surface area (Å²) in [5.74, 6) is 0.0700. The molecule has 0 unspecified atom stereocenters. The molecule has 1 N–H and O–H groups in total. The average Bonchev–Trinajstić information content (AvgIpc) is 2.75. The van der Waals surface area contributed by atoms with Crippen molar-refractivity contribution in [3.8, 4) is 0 Å². The van der Waals surface area contributed by atoms with Gasteiger partial charge in [-0.05, 0) is 46.1 Å². The summed E-state index contributed by atoms with van der Waals surface area (Å²) in [7, 11) is 4.13. The van der Waals surface area contributed by atoms with Crippen molar-refractivity contribution in [2.75, 3.05) is 14.1 Å². The maximum absolute atomic E-state index is 11.1.